The van der Waals surface area contributed by atoms with E-state index in [-0.39, 0.29) is 24.0 Å². The fourth-order valence-corrected chi connectivity index (χ4v) is 1.85. The monoisotopic (exact) mass is 400 g/mol. The molecule has 0 atom stereocenters. The predicted octanol–water partition coefficient (Wildman–Crippen LogP) is 2.51. The van der Waals surface area contributed by atoms with Gasteiger partial charge in [0.25, 0.3) is 0 Å². The van der Waals surface area contributed by atoms with Crippen molar-refractivity contribution in [2.45, 2.75) is 19.9 Å². The van der Waals surface area contributed by atoms with Crippen LogP contribution in [0, 0.1) is 6.92 Å². The maximum absolute atomic E-state index is 5.28. The molecular weight excluding hydrogens is 379 g/mol. The summed E-state index contributed by atoms with van der Waals surface area (Å²) in [5.74, 6) is 1.73. The van der Waals surface area contributed by atoms with Gasteiger partial charge in [0.1, 0.15) is 5.76 Å². The first-order valence-electron chi connectivity index (χ1n) is 6.67. The minimum absolute atomic E-state index is 0. The van der Waals surface area contributed by atoms with Gasteiger partial charge in [0.2, 0.25) is 0 Å². The van der Waals surface area contributed by atoms with Crippen molar-refractivity contribution in [3.63, 3.8) is 0 Å². The van der Waals surface area contributed by atoms with E-state index in [9.17, 15) is 0 Å². The molecule has 0 aromatic carbocycles. The topological polar surface area (TPSA) is 62.5 Å². The van der Waals surface area contributed by atoms with Crippen molar-refractivity contribution in [1.82, 2.24) is 15.6 Å². The first kappa shape index (κ1) is 17.5. The number of nitrogens with one attached hydrogen (secondary N) is 2. The summed E-state index contributed by atoms with van der Waals surface area (Å²) in [6.07, 6.45) is 2.52. The Morgan fingerprint density at radius 3 is 2.76 bits per heavy atom. The zero-order valence-corrected chi connectivity index (χ0v) is 14.6. The number of aliphatic imine (C=N–C) groups is 1. The second-order valence-electron chi connectivity index (χ2n) is 4.45. The van der Waals surface area contributed by atoms with Crippen molar-refractivity contribution in [2.75, 3.05) is 13.6 Å². The van der Waals surface area contributed by atoms with Crippen molar-refractivity contribution in [2.24, 2.45) is 4.99 Å². The van der Waals surface area contributed by atoms with Crippen molar-refractivity contribution in [3.8, 4) is 0 Å². The Morgan fingerprint density at radius 1 is 1.24 bits per heavy atom. The predicted molar refractivity (Wildman–Crippen MR) is 95.0 cm³/mol. The highest BCUT2D eigenvalue weighted by Crippen LogP contribution is 1.99. The Labute approximate surface area is 142 Å². The van der Waals surface area contributed by atoms with Crippen LogP contribution in [0.5, 0.6) is 0 Å². The molecule has 2 N–H and O–H groups in total. The highest BCUT2D eigenvalue weighted by molar-refractivity contribution is 14.0. The molecule has 0 unspecified atom stereocenters. The summed E-state index contributed by atoms with van der Waals surface area (Å²) in [6.45, 7) is 3.41. The molecule has 0 saturated carbocycles. The molecule has 0 aliphatic carbocycles. The fourth-order valence-electron chi connectivity index (χ4n) is 1.85. The summed E-state index contributed by atoms with van der Waals surface area (Å²) in [5, 5.41) is 6.48. The minimum atomic E-state index is 0. The number of hydrogen-bond acceptors (Lipinski definition) is 3. The van der Waals surface area contributed by atoms with Gasteiger partial charge in [-0.15, -0.1) is 24.0 Å². The summed E-state index contributed by atoms with van der Waals surface area (Å²) < 4.78 is 5.28. The molecule has 2 heterocycles. The van der Waals surface area contributed by atoms with Crippen LogP contribution in [0.15, 0.2) is 46.0 Å². The van der Waals surface area contributed by atoms with E-state index in [0.717, 1.165) is 36.1 Å². The molecule has 2 rings (SSSR count). The summed E-state index contributed by atoms with van der Waals surface area (Å²) in [4.78, 5) is 8.62. The number of aromatic nitrogens is 1. The standard InChI is InChI=1S/C15H20N4O.HI/c1-12-5-3-6-13(19-12)11-18-15(16-2)17-9-8-14-7-4-10-20-14;/h3-7,10H,8-9,11H2,1-2H3,(H2,16,17,18);1H. The number of pyridine rings is 1. The molecule has 0 fully saturated rings. The molecule has 0 spiro atoms. The van der Waals surface area contributed by atoms with E-state index in [4.69, 9.17) is 4.42 Å². The molecule has 5 nitrogen and oxygen atoms in total. The number of furan rings is 1. The molecule has 0 saturated heterocycles. The minimum Gasteiger partial charge on any atom is -0.469 e. The summed E-state index contributed by atoms with van der Waals surface area (Å²) in [5.41, 5.74) is 2.02. The van der Waals surface area contributed by atoms with Crippen molar-refractivity contribution < 1.29 is 4.42 Å². The largest absolute Gasteiger partial charge is 0.469 e. The molecule has 0 amide bonds. The highest BCUT2D eigenvalue weighted by Gasteiger charge is 2.00. The summed E-state index contributed by atoms with van der Waals surface area (Å²) in [7, 11) is 1.76. The van der Waals surface area contributed by atoms with Crippen LogP contribution in [0.25, 0.3) is 0 Å². The molecule has 0 radical (unpaired) electrons. The van der Waals surface area contributed by atoms with Crippen LogP contribution in [0.4, 0.5) is 0 Å². The van der Waals surface area contributed by atoms with E-state index >= 15 is 0 Å². The van der Waals surface area contributed by atoms with E-state index in [1.165, 1.54) is 0 Å². The molecule has 21 heavy (non-hydrogen) atoms. The average Bonchev–Trinajstić information content (AvgIpc) is 2.96. The third kappa shape index (κ3) is 6.16. The summed E-state index contributed by atoms with van der Waals surface area (Å²) >= 11 is 0. The Balaban J connectivity index is 0.00000220. The van der Waals surface area contributed by atoms with Crippen molar-refractivity contribution in [3.05, 3.63) is 53.7 Å². The Bertz CT molecular complexity index is 555. The number of nitrogens with zero attached hydrogens (tertiary/aromatic N) is 2. The van der Waals surface area contributed by atoms with Gasteiger partial charge in [-0.3, -0.25) is 9.98 Å². The van der Waals surface area contributed by atoms with E-state index in [2.05, 4.69) is 20.6 Å². The van der Waals surface area contributed by atoms with E-state index in [1.54, 1.807) is 13.3 Å². The maximum Gasteiger partial charge on any atom is 0.191 e. The van der Waals surface area contributed by atoms with Crippen LogP contribution < -0.4 is 10.6 Å². The van der Waals surface area contributed by atoms with Crippen LogP contribution in [-0.2, 0) is 13.0 Å². The van der Waals surface area contributed by atoms with E-state index in [0.29, 0.717) is 6.54 Å². The van der Waals surface area contributed by atoms with Crippen LogP contribution >= 0.6 is 24.0 Å². The molecule has 0 bridgehead atoms. The smallest absolute Gasteiger partial charge is 0.191 e. The fraction of sp³-hybridized carbons (Fsp3) is 0.333. The van der Waals surface area contributed by atoms with Gasteiger partial charge in [-0.05, 0) is 31.2 Å². The van der Waals surface area contributed by atoms with Gasteiger partial charge in [-0.25, -0.2) is 0 Å². The van der Waals surface area contributed by atoms with E-state index in [1.807, 2.05) is 37.3 Å². The normalized spacial score (nSPS) is 10.9. The molecule has 0 aliphatic heterocycles. The van der Waals surface area contributed by atoms with Gasteiger partial charge in [0.15, 0.2) is 5.96 Å². The quantitative estimate of drug-likeness (QED) is 0.460. The van der Waals surface area contributed by atoms with Gasteiger partial charge in [-0.2, -0.15) is 0 Å². The second-order valence-corrected chi connectivity index (χ2v) is 4.45. The lowest BCUT2D eigenvalue weighted by atomic mass is 10.3. The molecule has 2 aromatic rings. The zero-order chi connectivity index (χ0) is 14.2. The van der Waals surface area contributed by atoms with Gasteiger partial charge in [0.05, 0.1) is 18.5 Å². The molecule has 2 aromatic heterocycles. The van der Waals surface area contributed by atoms with Crippen LogP contribution in [0.2, 0.25) is 0 Å². The summed E-state index contributed by atoms with van der Waals surface area (Å²) in [6, 6.07) is 9.85. The Kier molecular flexibility index (Phi) is 7.81. The molecule has 6 heteroatoms. The Hall–Kier alpha value is -1.57. The number of aryl methyl sites for hydroxylation is 1. The number of hydrogen-bond donors (Lipinski definition) is 2. The van der Waals surface area contributed by atoms with Crippen LogP contribution in [-0.4, -0.2) is 24.5 Å². The van der Waals surface area contributed by atoms with Crippen molar-refractivity contribution >= 4 is 29.9 Å². The van der Waals surface area contributed by atoms with Gasteiger partial charge >= 0.3 is 0 Å². The third-order valence-electron chi connectivity index (χ3n) is 2.85. The lowest BCUT2D eigenvalue weighted by Crippen LogP contribution is -2.38. The first-order valence-corrected chi connectivity index (χ1v) is 6.67. The second kappa shape index (κ2) is 9.38. The maximum atomic E-state index is 5.28. The number of halogens is 1. The van der Waals surface area contributed by atoms with Gasteiger partial charge < -0.3 is 15.1 Å². The average molecular weight is 400 g/mol. The third-order valence-corrected chi connectivity index (χ3v) is 2.85. The molecule has 114 valence electrons. The number of rotatable bonds is 5. The SMILES string of the molecule is CN=C(NCCc1ccco1)NCc1cccc(C)n1.I. The van der Waals surface area contributed by atoms with Crippen LogP contribution in [0.1, 0.15) is 17.1 Å². The van der Waals surface area contributed by atoms with Crippen molar-refractivity contribution in [1.29, 1.82) is 0 Å². The van der Waals surface area contributed by atoms with Gasteiger partial charge in [0, 0.05) is 25.7 Å². The lowest BCUT2D eigenvalue weighted by Gasteiger charge is -2.11. The van der Waals surface area contributed by atoms with Gasteiger partial charge in [-0.1, -0.05) is 6.07 Å². The van der Waals surface area contributed by atoms with E-state index < -0.39 is 0 Å². The number of guanidine groups is 1. The zero-order valence-electron chi connectivity index (χ0n) is 12.3. The highest BCUT2D eigenvalue weighted by atomic mass is 127. The van der Waals surface area contributed by atoms with Crippen LogP contribution in [0.3, 0.4) is 0 Å². The molecule has 0 aliphatic rings. The molecular formula is C15H21IN4O. The first-order chi connectivity index (χ1) is 9.78. The Morgan fingerprint density at radius 2 is 2.10 bits per heavy atom. The lowest BCUT2D eigenvalue weighted by molar-refractivity contribution is 0.506.